The predicted octanol–water partition coefficient (Wildman–Crippen LogP) is -1.64. The number of aliphatic hydroxyl groups excluding tert-OH is 1. The molecule has 0 radical (unpaired) electrons. The lowest BCUT2D eigenvalue weighted by Gasteiger charge is -2.21. The lowest BCUT2D eigenvalue weighted by atomic mass is 10.2. The highest BCUT2D eigenvalue weighted by Crippen LogP contribution is 2.20. The first kappa shape index (κ1) is 15.9. The third kappa shape index (κ3) is 4.44. The third-order valence-electron chi connectivity index (χ3n) is 2.93. The van der Waals surface area contributed by atoms with E-state index in [1.165, 1.54) is 0 Å². The van der Waals surface area contributed by atoms with E-state index in [1.54, 1.807) is 0 Å². The highest BCUT2D eigenvalue weighted by molar-refractivity contribution is 7.88. The van der Waals surface area contributed by atoms with Gasteiger partial charge < -0.3 is 15.5 Å². The quantitative estimate of drug-likeness (QED) is 0.540. The standard InChI is InChI=1S/C10H18N2O6S/c1-19(17,18)12-6-2-3-7(12)9(14)11-5-4-8(13)10(15)16/h7-8,13H,2-6H2,1H3,(H,11,14)(H,15,16)/t7?,8-/m0/s1. The van der Waals surface area contributed by atoms with Crippen molar-refractivity contribution in [2.45, 2.75) is 31.4 Å². The molecular weight excluding hydrogens is 276 g/mol. The molecule has 1 heterocycles. The van der Waals surface area contributed by atoms with Gasteiger partial charge in [0.1, 0.15) is 6.04 Å². The van der Waals surface area contributed by atoms with Crippen molar-refractivity contribution in [2.24, 2.45) is 0 Å². The van der Waals surface area contributed by atoms with E-state index in [0.29, 0.717) is 19.4 Å². The number of carboxylic acid groups (broad SMARTS) is 1. The van der Waals surface area contributed by atoms with E-state index in [1.807, 2.05) is 0 Å². The van der Waals surface area contributed by atoms with Gasteiger partial charge in [0, 0.05) is 19.5 Å². The number of aliphatic hydroxyl groups is 1. The second-order valence-corrected chi connectivity index (χ2v) is 6.40. The SMILES string of the molecule is CS(=O)(=O)N1CCCC1C(=O)NCC[C@H](O)C(=O)O. The van der Waals surface area contributed by atoms with Crippen molar-refractivity contribution >= 4 is 21.9 Å². The minimum Gasteiger partial charge on any atom is -0.479 e. The molecule has 1 saturated heterocycles. The summed E-state index contributed by atoms with van der Waals surface area (Å²) in [7, 11) is -3.42. The Labute approximate surface area is 111 Å². The molecule has 1 fully saturated rings. The summed E-state index contributed by atoms with van der Waals surface area (Å²) in [6.45, 7) is 0.301. The smallest absolute Gasteiger partial charge is 0.332 e. The number of nitrogens with zero attached hydrogens (tertiary/aromatic N) is 1. The van der Waals surface area contributed by atoms with Crippen LogP contribution < -0.4 is 5.32 Å². The third-order valence-corrected chi connectivity index (χ3v) is 4.22. The summed E-state index contributed by atoms with van der Waals surface area (Å²) in [5.41, 5.74) is 0. The summed E-state index contributed by atoms with van der Waals surface area (Å²) >= 11 is 0. The Bertz CT molecular complexity index is 449. The summed E-state index contributed by atoms with van der Waals surface area (Å²) in [5, 5.41) is 19.9. The monoisotopic (exact) mass is 294 g/mol. The lowest BCUT2D eigenvalue weighted by molar-refractivity contribution is -0.147. The number of carboxylic acids is 1. The molecule has 1 aliphatic rings. The van der Waals surface area contributed by atoms with Crippen LogP contribution in [0.4, 0.5) is 0 Å². The molecule has 8 nitrogen and oxygen atoms in total. The predicted molar refractivity (Wildman–Crippen MR) is 65.8 cm³/mol. The minimum absolute atomic E-state index is 0.0135. The number of hydrogen-bond acceptors (Lipinski definition) is 5. The van der Waals surface area contributed by atoms with Crippen LogP contribution in [0.1, 0.15) is 19.3 Å². The van der Waals surface area contributed by atoms with Crippen molar-refractivity contribution in [2.75, 3.05) is 19.3 Å². The fraction of sp³-hybridized carbons (Fsp3) is 0.800. The van der Waals surface area contributed by atoms with Crippen LogP contribution in [0.5, 0.6) is 0 Å². The molecule has 0 aliphatic carbocycles. The highest BCUT2D eigenvalue weighted by Gasteiger charge is 2.36. The molecule has 2 atom stereocenters. The summed E-state index contributed by atoms with van der Waals surface area (Å²) < 4.78 is 24.0. The molecule has 0 aromatic rings. The zero-order valence-electron chi connectivity index (χ0n) is 10.6. The minimum atomic E-state index is -3.42. The van der Waals surface area contributed by atoms with Crippen molar-refractivity contribution in [1.82, 2.24) is 9.62 Å². The maximum absolute atomic E-state index is 11.8. The largest absolute Gasteiger partial charge is 0.479 e. The van der Waals surface area contributed by atoms with E-state index < -0.39 is 34.0 Å². The number of hydrogen-bond donors (Lipinski definition) is 3. The van der Waals surface area contributed by atoms with Crippen LogP contribution in [-0.2, 0) is 19.6 Å². The molecule has 1 unspecified atom stereocenters. The van der Waals surface area contributed by atoms with Gasteiger partial charge in [-0.05, 0) is 12.8 Å². The lowest BCUT2D eigenvalue weighted by Crippen LogP contribution is -2.46. The molecule has 3 N–H and O–H groups in total. The van der Waals surface area contributed by atoms with Gasteiger partial charge in [-0.3, -0.25) is 4.79 Å². The van der Waals surface area contributed by atoms with Crippen molar-refractivity contribution in [3.63, 3.8) is 0 Å². The average molecular weight is 294 g/mol. The molecule has 19 heavy (non-hydrogen) atoms. The molecule has 9 heteroatoms. The number of aliphatic carboxylic acids is 1. The van der Waals surface area contributed by atoms with Gasteiger partial charge in [0.05, 0.1) is 6.26 Å². The van der Waals surface area contributed by atoms with Crippen LogP contribution in [0.15, 0.2) is 0 Å². The Morgan fingerprint density at radius 1 is 1.47 bits per heavy atom. The molecule has 1 amide bonds. The Morgan fingerprint density at radius 2 is 2.11 bits per heavy atom. The highest BCUT2D eigenvalue weighted by atomic mass is 32.2. The number of sulfonamides is 1. The molecule has 0 spiro atoms. The normalized spacial score (nSPS) is 22.1. The van der Waals surface area contributed by atoms with Crippen molar-refractivity contribution in [3.05, 3.63) is 0 Å². The molecule has 0 aromatic carbocycles. The number of carbonyl (C=O) groups is 2. The average Bonchev–Trinajstić information content (AvgIpc) is 2.76. The Kier molecular flexibility index (Phi) is 5.27. The summed E-state index contributed by atoms with van der Waals surface area (Å²) in [4.78, 5) is 22.2. The van der Waals surface area contributed by atoms with Crippen molar-refractivity contribution in [3.8, 4) is 0 Å². The van der Waals surface area contributed by atoms with Gasteiger partial charge in [-0.1, -0.05) is 0 Å². The van der Waals surface area contributed by atoms with Gasteiger partial charge in [-0.15, -0.1) is 0 Å². The van der Waals surface area contributed by atoms with E-state index in [9.17, 15) is 18.0 Å². The zero-order chi connectivity index (χ0) is 14.6. The van der Waals surface area contributed by atoms with Crippen LogP contribution in [0.3, 0.4) is 0 Å². The van der Waals surface area contributed by atoms with Crippen LogP contribution in [0, 0.1) is 0 Å². The van der Waals surface area contributed by atoms with Gasteiger partial charge >= 0.3 is 5.97 Å². The van der Waals surface area contributed by atoms with E-state index in [4.69, 9.17) is 10.2 Å². The molecule has 110 valence electrons. The Balaban J connectivity index is 2.48. The zero-order valence-corrected chi connectivity index (χ0v) is 11.4. The van der Waals surface area contributed by atoms with Crippen LogP contribution in [0.2, 0.25) is 0 Å². The fourth-order valence-corrected chi connectivity index (χ4v) is 3.10. The van der Waals surface area contributed by atoms with E-state index in [2.05, 4.69) is 5.32 Å². The van der Waals surface area contributed by atoms with Crippen molar-refractivity contribution in [1.29, 1.82) is 0 Å². The summed E-state index contributed by atoms with van der Waals surface area (Å²) in [5.74, 6) is -1.81. The first-order valence-corrected chi connectivity index (χ1v) is 7.73. The number of nitrogens with one attached hydrogen (secondary N) is 1. The van der Waals surface area contributed by atoms with Crippen LogP contribution in [0.25, 0.3) is 0 Å². The van der Waals surface area contributed by atoms with Gasteiger partial charge in [0.25, 0.3) is 0 Å². The Hall–Kier alpha value is -1.19. The molecule has 0 saturated carbocycles. The molecule has 1 rings (SSSR count). The first-order chi connectivity index (χ1) is 8.73. The van der Waals surface area contributed by atoms with Gasteiger partial charge in [-0.25, -0.2) is 13.2 Å². The maximum Gasteiger partial charge on any atom is 0.332 e. The maximum atomic E-state index is 11.8. The summed E-state index contributed by atoms with van der Waals surface area (Å²) in [6, 6.07) is -0.739. The van der Waals surface area contributed by atoms with Gasteiger partial charge in [0.15, 0.2) is 6.10 Å². The first-order valence-electron chi connectivity index (χ1n) is 5.89. The van der Waals surface area contributed by atoms with E-state index in [-0.39, 0.29) is 13.0 Å². The van der Waals surface area contributed by atoms with Crippen LogP contribution >= 0.6 is 0 Å². The number of rotatable bonds is 6. The van der Waals surface area contributed by atoms with E-state index in [0.717, 1.165) is 10.6 Å². The summed E-state index contributed by atoms with van der Waals surface area (Å²) in [6.07, 6.45) is 0.456. The van der Waals surface area contributed by atoms with Gasteiger partial charge in [0.2, 0.25) is 15.9 Å². The van der Waals surface area contributed by atoms with Gasteiger partial charge in [-0.2, -0.15) is 4.31 Å². The second kappa shape index (κ2) is 6.31. The Morgan fingerprint density at radius 3 is 2.63 bits per heavy atom. The number of amides is 1. The van der Waals surface area contributed by atoms with Crippen molar-refractivity contribution < 1.29 is 28.2 Å². The van der Waals surface area contributed by atoms with E-state index >= 15 is 0 Å². The van der Waals surface area contributed by atoms with Crippen LogP contribution in [-0.4, -0.2) is 66.3 Å². The molecule has 0 bridgehead atoms. The molecule has 0 aromatic heterocycles. The molecular formula is C10H18N2O6S. The number of carbonyl (C=O) groups excluding carboxylic acids is 1. The topological polar surface area (TPSA) is 124 Å². The fourth-order valence-electron chi connectivity index (χ4n) is 1.97. The molecule has 1 aliphatic heterocycles. The second-order valence-electron chi connectivity index (χ2n) is 4.47.